The van der Waals surface area contributed by atoms with Crippen molar-refractivity contribution in [3.05, 3.63) is 130 Å². The third-order valence-corrected chi connectivity index (χ3v) is 6.65. The Hall–Kier alpha value is -3.89. The molecular weight excluding hydrogens is 513 g/mol. The van der Waals surface area contributed by atoms with Crippen molar-refractivity contribution in [1.29, 1.82) is 0 Å². The minimum Gasteiger partial charge on any atom is -0.383 e. The first-order valence-electron chi connectivity index (χ1n) is 13.1. The molecule has 1 aliphatic rings. The van der Waals surface area contributed by atoms with Crippen LogP contribution in [0.5, 0.6) is 0 Å². The molecule has 2 heterocycles. The third-order valence-electron chi connectivity index (χ3n) is 6.65. The second-order valence-electron chi connectivity index (χ2n) is 9.59. The van der Waals surface area contributed by atoms with E-state index in [1.165, 1.54) is 6.20 Å². The number of nitrogens with zero attached hydrogens (tertiary/aromatic N) is 2. The largest absolute Gasteiger partial charge is 0.383 e. The molecule has 4 unspecified atom stereocenters. The molecule has 0 spiro atoms. The van der Waals surface area contributed by atoms with Crippen molar-refractivity contribution in [3.8, 4) is 0 Å². The fourth-order valence-corrected chi connectivity index (χ4v) is 4.55. The predicted octanol–water partition coefficient (Wildman–Crippen LogP) is 4.58. The van der Waals surface area contributed by atoms with Crippen LogP contribution in [0.1, 0.15) is 28.5 Å². The summed E-state index contributed by atoms with van der Waals surface area (Å²) in [5, 5.41) is 0. The Morgan fingerprint density at radius 1 is 0.800 bits per heavy atom. The lowest BCUT2D eigenvalue weighted by Gasteiger charge is -2.20. The summed E-state index contributed by atoms with van der Waals surface area (Å²) in [4.78, 5) is 16.7. The standard InChI is InChI=1S/C31H32FN3O5/c32-27-28(39-19-24-14-8-3-9-15-24)26(21-38-18-23-12-6-2-7-13-23)40-30(27)35-16-25(29(33)34-31(35)36)20-37-17-22-10-4-1-5-11-22/h1-16,26-28,30H,17-21H2,(H2,33,34,36). The van der Waals surface area contributed by atoms with Crippen LogP contribution >= 0.6 is 0 Å². The van der Waals surface area contributed by atoms with E-state index < -0.39 is 30.3 Å². The summed E-state index contributed by atoms with van der Waals surface area (Å²) < 4.78 is 40.8. The van der Waals surface area contributed by atoms with Crippen molar-refractivity contribution < 1.29 is 23.3 Å². The molecule has 1 fully saturated rings. The van der Waals surface area contributed by atoms with E-state index in [-0.39, 0.29) is 25.6 Å². The quantitative estimate of drug-likeness (QED) is 0.278. The van der Waals surface area contributed by atoms with Gasteiger partial charge in [-0.1, -0.05) is 91.0 Å². The van der Waals surface area contributed by atoms with Crippen LogP contribution in [-0.2, 0) is 45.4 Å². The van der Waals surface area contributed by atoms with Crippen molar-refractivity contribution >= 4 is 5.82 Å². The van der Waals surface area contributed by atoms with Gasteiger partial charge in [-0.05, 0) is 16.7 Å². The highest BCUT2D eigenvalue weighted by molar-refractivity contribution is 5.36. The molecule has 1 aliphatic heterocycles. The zero-order chi connectivity index (χ0) is 27.7. The third kappa shape index (κ3) is 7.00. The van der Waals surface area contributed by atoms with Crippen LogP contribution in [-0.4, -0.2) is 34.5 Å². The molecule has 0 radical (unpaired) electrons. The van der Waals surface area contributed by atoms with Crippen molar-refractivity contribution in [2.24, 2.45) is 0 Å². The number of nitrogen functional groups attached to an aromatic ring is 1. The molecule has 208 valence electrons. The maximum Gasteiger partial charge on any atom is 0.351 e. The number of anilines is 1. The second kappa shape index (κ2) is 13.5. The normalized spacial score (nSPS) is 20.5. The van der Waals surface area contributed by atoms with E-state index in [9.17, 15) is 4.79 Å². The number of aromatic nitrogens is 2. The van der Waals surface area contributed by atoms with Crippen LogP contribution in [0.2, 0.25) is 0 Å². The molecule has 0 aliphatic carbocycles. The second-order valence-corrected chi connectivity index (χ2v) is 9.59. The first-order chi connectivity index (χ1) is 19.6. The SMILES string of the molecule is Nc1nc(=O)n(C2OC(COCc3ccccc3)C(OCc3ccccc3)C2F)cc1COCc1ccccc1. The van der Waals surface area contributed by atoms with Crippen LogP contribution in [0.25, 0.3) is 0 Å². The van der Waals surface area contributed by atoms with E-state index in [4.69, 9.17) is 24.7 Å². The molecule has 9 heteroatoms. The first kappa shape index (κ1) is 27.7. The maximum absolute atomic E-state index is 16.0. The minimum absolute atomic E-state index is 0.0299. The Morgan fingerprint density at radius 3 is 1.95 bits per heavy atom. The van der Waals surface area contributed by atoms with E-state index in [0.717, 1.165) is 21.3 Å². The van der Waals surface area contributed by atoms with Gasteiger partial charge in [0.15, 0.2) is 12.4 Å². The number of rotatable bonds is 12. The molecule has 40 heavy (non-hydrogen) atoms. The average Bonchev–Trinajstić information content (AvgIpc) is 3.29. The summed E-state index contributed by atoms with van der Waals surface area (Å²) in [6, 6.07) is 28.8. The van der Waals surface area contributed by atoms with Gasteiger partial charge in [0.25, 0.3) is 0 Å². The van der Waals surface area contributed by atoms with Gasteiger partial charge in [-0.2, -0.15) is 4.98 Å². The zero-order valence-electron chi connectivity index (χ0n) is 22.0. The van der Waals surface area contributed by atoms with Crippen LogP contribution < -0.4 is 11.4 Å². The lowest BCUT2D eigenvalue weighted by atomic mass is 10.1. The highest BCUT2D eigenvalue weighted by Crippen LogP contribution is 2.34. The number of hydrogen-bond donors (Lipinski definition) is 1. The molecular formula is C31H32FN3O5. The number of halogens is 1. The van der Waals surface area contributed by atoms with Crippen molar-refractivity contribution in [2.45, 2.75) is 51.0 Å². The molecule has 5 rings (SSSR count). The van der Waals surface area contributed by atoms with Crippen molar-refractivity contribution in [3.63, 3.8) is 0 Å². The first-order valence-corrected chi connectivity index (χ1v) is 13.1. The molecule has 0 saturated carbocycles. The molecule has 3 aromatic carbocycles. The van der Waals surface area contributed by atoms with Gasteiger partial charge in [-0.15, -0.1) is 0 Å². The van der Waals surface area contributed by atoms with Gasteiger partial charge in [0, 0.05) is 11.8 Å². The summed E-state index contributed by atoms with van der Waals surface area (Å²) in [5.41, 5.74) is 8.61. The number of ether oxygens (including phenoxy) is 4. The van der Waals surface area contributed by atoms with E-state index in [2.05, 4.69) is 4.98 Å². The number of nitrogens with two attached hydrogens (primary N) is 1. The predicted molar refractivity (Wildman–Crippen MR) is 148 cm³/mol. The number of hydrogen-bond acceptors (Lipinski definition) is 7. The van der Waals surface area contributed by atoms with E-state index in [1.54, 1.807) is 0 Å². The Balaban J connectivity index is 1.31. The van der Waals surface area contributed by atoms with Gasteiger partial charge in [0.2, 0.25) is 0 Å². The van der Waals surface area contributed by atoms with Gasteiger partial charge >= 0.3 is 5.69 Å². The van der Waals surface area contributed by atoms with Crippen molar-refractivity contribution in [2.75, 3.05) is 12.3 Å². The lowest BCUT2D eigenvalue weighted by molar-refractivity contribution is -0.0832. The molecule has 0 bridgehead atoms. The number of alkyl halides is 1. The van der Waals surface area contributed by atoms with Gasteiger partial charge in [-0.3, -0.25) is 4.57 Å². The van der Waals surface area contributed by atoms with E-state index in [1.807, 2.05) is 91.0 Å². The Bertz CT molecular complexity index is 1410. The van der Waals surface area contributed by atoms with Gasteiger partial charge in [0.1, 0.15) is 18.0 Å². The molecule has 8 nitrogen and oxygen atoms in total. The average molecular weight is 546 g/mol. The molecule has 4 aromatic rings. The van der Waals surface area contributed by atoms with Crippen LogP contribution in [0.3, 0.4) is 0 Å². The molecule has 1 aromatic heterocycles. The summed E-state index contributed by atoms with van der Waals surface area (Å²) in [6.07, 6.45) is -3.19. The van der Waals surface area contributed by atoms with Crippen LogP contribution in [0, 0.1) is 0 Å². The molecule has 0 amide bonds. The maximum atomic E-state index is 16.0. The van der Waals surface area contributed by atoms with Gasteiger partial charge < -0.3 is 24.7 Å². The summed E-state index contributed by atoms with van der Waals surface area (Å²) in [6.45, 7) is 1.04. The smallest absolute Gasteiger partial charge is 0.351 e. The van der Waals surface area contributed by atoms with Crippen molar-refractivity contribution in [1.82, 2.24) is 9.55 Å². The fourth-order valence-electron chi connectivity index (χ4n) is 4.55. The highest BCUT2D eigenvalue weighted by Gasteiger charge is 2.47. The minimum atomic E-state index is -1.66. The van der Waals surface area contributed by atoms with Crippen LogP contribution in [0.4, 0.5) is 10.2 Å². The van der Waals surface area contributed by atoms with Gasteiger partial charge in [0.05, 0.1) is 33.0 Å². The van der Waals surface area contributed by atoms with Crippen LogP contribution in [0.15, 0.2) is 102 Å². The van der Waals surface area contributed by atoms with Gasteiger partial charge in [-0.25, -0.2) is 9.18 Å². The fraction of sp³-hybridized carbons (Fsp3) is 0.290. The summed E-state index contributed by atoms with van der Waals surface area (Å²) in [7, 11) is 0. The van der Waals surface area contributed by atoms with E-state index in [0.29, 0.717) is 18.8 Å². The number of benzene rings is 3. The Kier molecular flexibility index (Phi) is 9.30. The topological polar surface area (TPSA) is 97.8 Å². The Morgan fingerprint density at radius 2 is 1.35 bits per heavy atom. The zero-order valence-corrected chi connectivity index (χ0v) is 22.0. The lowest BCUT2D eigenvalue weighted by Crippen LogP contribution is -2.36. The summed E-state index contributed by atoms with van der Waals surface area (Å²) >= 11 is 0. The Labute approximate surface area is 232 Å². The summed E-state index contributed by atoms with van der Waals surface area (Å²) in [5.74, 6) is 0.0299. The molecule has 1 saturated heterocycles. The molecule has 2 N–H and O–H groups in total. The monoisotopic (exact) mass is 545 g/mol. The molecule has 4 atom stereocenters. The highest BCUT2D eigenvalue weighted by atomic mass is 19.1. The van der Waals surface area contributed by atoms with E-state index >= 15 is 4.39 Å².